The number of aryl methyl sites for hydroxylation is 1. The molecule has 1 unspecified atom stereocenters. The van der Waals surface area contributed by atoms with Gasteiger partial charge in [0.15, 0.2) is 5.82 Å². The Morgan fingerprint density at radius 2 is 2.06 bits per heavy atom. The van der Waals surface area contributed by atoms with Crippen LogP contribution < -0.4 is 10.6 Å². The van der Waals surface area contributed by atoms with E-state index in [1.807, 2.05) is 36.4 Å². The normalized spacial score (nSPS) is 15.8. The number of anilines is 1. The molecule has 1 fully saturated rings. The number of aromatic nitrogens is 4. The second kappa shape index (κ2) is 12.7. The second-order valence-corrected chi connectivity index (χ2v) is 9.09. The lowest BCUT2D eigenvalue weighted by Gasteiger charge is -2.32. The third-order valence-electron chi connectivity index (χ3n) is 6.32. The summed E-state index contributed by atoms with van der Waals surface area (Å²) in [5, 5.41) is 26.3. The number of likely N-dealkylation sites (tertiary alicyclic amines) is 1. The highest BCUT2D eigenvalue weighted by Gasteiger charge is 2.20. The van der Waals surface area contributed by atoms with Crippen molar-refractivity contribution < 1.29 is 9.18 Å². The first-order chi connectivity index (χ1) is 17.6. The van der Waals surface area contributed by atoms with Gasteiger partial charge < -0.3 is 15.5 Å². The van der Waals surface area contributed by atoms with Crippen LogP contribution in [0.15, 0.2) is 48.5 Å². The van der Waals surface area contributed by atoms with E-state index in [1.165, 1.54) is 24.1 Å². The van der Waals surface area contributed by atoms with Gasteiger partial charge in [0.1, 0.15) is 5.82 Å². The molecule has 2 heterocycles. The van der Waals surface area contributed by atoms with E-state index in [9.17, 15) is 9.18 Å². The zero-order valence-electron chi connectivity index (χ0n) is 20.2. The lowest BCUT2D eigenvalue weighted by molar-refractivity contribution is 0.172. The van der Waals surface area contributed by atoms with E-state index in [2.05, 4.69) is 37.1 Å². The average Bonchev–Trinajstić information content (AvgIpc) is 3.36. The van der Waals surface area contributed by atoms with Crippen molar-refractivity contribution in [1.29, 1.82) is 5.26 Å². The number of hydrogen-bond acceptors (Lipinski definition) is 6. The molecule has 0 radical (unpaired) electrons. The molecule has 188 valence electrons. The van der Waals surface area contributed by atoms with Crippen molar-refractivity contribution in [1.82, 2.24) is 30.4 Å². The fourth-order valence-electron chi connectivity index (χ4n) is 4.61. The molecule has 2 aromatic carbocycles. The Balaban J connectivity index is 1.19. The van der Waals surface area contributed by atoms with Crippen LogP contribution in [0.1, 0.15) is 31.2 Å². The highest BCUT2D eigenvalue weighted by Crippen LogP contribution is 2.22. The van der Waals surface area contributed by atoms with Crippen LogP contribution in [-0.2, 0) is 13.0 Å². The fraction of sp³-hybridized carbons (Fsp3) is 0.423. The van der Waals surface area contributed by atoms with Crippen molar-refractivity contribution in [2.75, 3.05) is 31.5 Å². The van der Waals surface area contributed by atoms with Gasteiger partial charge in [0.25, 0.3) is 0 Å². The van der Waals surface area contributed by atoms with Crippen LogP contribution >= 0.6 is 0 Å². The minimum absolute atomic E-state index is 0.193. The number of benzene rings is 2. The van der Waals surface area contributed by atoms with E-state index in [0.29, 0.717) is 36.9 Å². The minimum Gasteiger partial charge on any atom is -0.338 e. The topological polar surface area (TPSA) is 112 Å². The lowest BCUT2D eigenvalue weighted by Crippen LogP contribution is -2.38. The van der Waals surface area contributed by atoms with Crippen LogP contribution in [0.25, 0.3) is 11.4 Å². The zero-order valence-corrected chi connectivity index (χ0v) is 20.2. The first-order valence-corrected chi connectivity index (χ1v) is 12.4. The predicted octanol–water partition coefficient (Wildman–Crippen LogP) is 3.86. The lowest BCUT2D eigenvalue weighted by atomic mass is 9.91. The molecule has 2 N–H and O–H groups in total. The van der Waals surface area contributed by atoms with Crippen LogP contribution in [0.5, 0.6) is 0 Å². The monoisotopic (exact) mass is 490 g/mol. The Kier molecular flexibility index (Phi) is 8.94. The molecule has 3 aromatic rings. The van der Waals surface area contributed by atoms with Crippen molar-refractivity contribution in [2.45, 2.75) is 38.6 Å². The van der Waals surface area contributed by atoms with Crippen molar-refractivity contribution in [3.05, 3.63) is 59.9 Å². The van der Waals surface area contributed by atoms with Crippen LogP contribution in [0.2, 0.25) is 0 Å². The summed E-state index contributed by atoms with van der Waals surface area (Å²) in [6.07, 6.45) is 4.50. The van der Waals surface area contributed by atoms with Crippen molar-refractivity contribution in [2.24, 2.45) is 5.92 Å². The van der Waals surface area contributed by atoms with E-state index >= 15 is 0 Å². The molecule has 1 aliphatic heterocycles. The summed E-state index contributed by atoms with van der Waals surface area (Å²) < 4.78 is 14.7. The Hall–Kier alpha value is -3.84. The van der Waals surface area contributed by atoms with Crippen LogP contribution in [-0.4, -0.2) is 57.3 Å². The summed E-state index contributed by atoms with van der Waals surface area (Å²) in [4.78, 5) is 14.9. The number of nitriles is 1. The molecule has 2 amide bonds. The maximum absolute atomic E-state index is 13.1. The van der Waals surface area contributed by atoms with E-state index in [4.69, 9.17) is 5.26 Å². The summed E-state index contributed by atoms with van der Waals surface area (Å²) in [5.41, 5.74) is 2.58. The fourth-order valence-corrected chi connectivity index (χ4v) is 4.61. The van der Waals surface area contributed by atoms with Gasteiger partial charge in [-0.15, -0.1) is 5.10 Å². The molecule has 0 spiro atoms. The predicted molar refractivity (Wildman–Crippen MR) is 134 cm³/mol. The standard InChI is InChI=1S/C26H31FN8O/c27-23-10-8-20(9-11-23)17-21-5-2-14-34(19-21)15-4-13-29-26(36)30-24-7-1-6-22(18-24)25-31-32-33-35(25)16-3-12-28/h1,6-11,18,21H,2-5,13-17,19H2,(H2,29,30,36). The molecule has 0 saturated carbocycles. The number of amides is 2. The number of rotatable bonds is 10. The number of halogens is 1. The number of urea groups is 1. The average molecular weight is 491 g/mol. The van der Waals surface area contributed by atoms with Gasteiger partial charge in [-0.25, -0.2) is 13.9 Å². The summed E-state index contributed by atoms with van der Waals surface area (Å²) in [6, 6.07) is 15.9. The van der Waals surface area contributed by atoms with Gasteiger partial charge in [-0.05, 0) is 84.9 Å². The molecule has 0 bridgehead atoms. The van der Waals surface area contributed by atoms with Gasteiger partial charge in [0, 0.05) is 24.3 Å². The molecule has 0 aliphatic carbocycles. The van der Waals surface area contributed by atoms with Crippen molar-refractivity contribution in [3.63, 3.8) is 0 Å². The smallest absolute Gasteiger partial charge is 0.319 e. The Morgan fingerprint density at radius 1 is 1.19 bits per heavy atom. The maximum atomic E-state index is 13.1. The number of nitrogens with zero attached hydrogens (tertiary/aromatic N) is 6. The maximum Gasteiger partial charge on any atom is 0.319 e. The number of hydrogen-bond donors (Lipinski definition) is 2. The van der Waals surface area contributed by atoms with Crippen LogP contribution in [0.4, 0.5) is 14.9 Å². The number of tetrazole rings is 1. The second-order valence-electron chi connectivity index (χ2n) is 9.09. The molecule has 10 heteroatoms. The first-order valence-electron chi connectivity index (χ1n) is 12.4. The van der Waals surface area contributed by atoms with E-state index < -0.39 is 0 Å². The zero-order chi connectivity index (χ0) is 25.2. The third kappa shape index (κ3) is 7.33. The third-order valence-corrected chi connectivity index (χ3v) is 6.32. The summed E-state index contributed by atoms with van der Waals surface area (Å²) in [6.45, 7) is 4.02. The van der Waals surface area contributed by atoms with Crippen LogP contribution in [0, 0.1) is 23.1 Å². The number of nitrogens with one attached hydrogen (secondary N) is 2. The van der Waals surface area contributed by atoms with Crippen molar-refractivity contribution >= 4 is 11.7 Å². The Morgan fingerprint density at radius 3 is 2.89 bits per heavy atom. The molecule has 1 atom stereocenters. The van der Waals surface area contributed by atoms with Gasteiger partial charge in [0.05, 0.1) is 19.0 Å². The molecule has 4 rings (SSSR count). The molecular weight excluding hydrogens is 459 g/mol. The number of carbonyl (C=O) groups excluding carboxylic acids is 1. The quantitative estimate of drug-likeness (QED) is 0.418. The van der Waals surface area contributed by atoms with E-state index in [1.54, 1.807) is 4.68 Å². The van der Waals surface area contributed by atoms with Gasteiger partial charge in [-0.1, -0.05) is 24.3 Å². The SMILES string of the molecule is N#CCCn1nnnc1-c1cccc(NC(=O)NCCCN2CCCC(Cc3ccc(F)cc3)C2)c1. The van der Waals surface area contributed by atoms with Gasteiger partial charge >= 0.3 is 6.03 Å². The molecular formula is C26H31FN8O. The van der Waals surface area contributed by atoms with Gasteiger partial charge in [-0.2, -0.15) is 5.26 Å². The first kappa shape index (κ1) is 25.3. The van der Waals surface area contributed by atoms with Crippen LogP contribution in [0.3, 0.4) is 0 Å². The Labute approximate surface area is 210 Å². The minimum atomic E-state index is -0.260. The van der Waals surface area contributed by atoms with E-state index in [-0.39, 0.29) is 11.8 Å². The Bertz CT molecular complexity index is 1170. The molecule has 9 nitrogen and oxygen atoms in total. The summed E-state index contributed by atoms with van der Waals surface area (Å²) in [5.74, 6) is 0.934. The largest absolute Gasteiger partial charge is 0.338 e. The van der Waals surface area contributed by atoms with Gasteiger partial charge in [-0.3, -0.25) is 0 Å². The van der Waals surface area contributed by atoms with Crippen molar-refractivity contribution in [3.8, 4) is 17.5 Å². The molecule has 1 aromatic heterocycles. The highest BCUT2D eigenvalue weighted by molar-refractivity contribution is 5.89. The number of piperidine rings is 1. The molecule has 36 heavy (non-hydrogen) atoms. The summed E-state index contributed by atoms with van der Waals surface area (Å²) >= 11 is 0. The molecule has 1 aliphatic rings. The summed E-state index contributed by atoms with van der Waals surface area (Å²) in [7, 11) is 0. The molecule has 1 saturated heterocycles. The number of carbonyl (C=O) groups is 1. The van der Waals surface area contributed by atoms with E-state index in [0.717, 1.165) is 44.5 Å². The highest BCUT2D eigenvalue weighted by atomic mass is 19.1. The van der Waals surface area contributed by atoms with Gasteiger partial charge in [0.2, 0.25) is 0 Å².